The van der Waals surface area contributed by atoms with Gasteiger partial charge in [0.2, 0.25) is 0 Å². The standard InChI is InChI=1S/C11H20O5/c1-3-11(12)16-6-4-5-14-9-10-15-8-7-13-2/h3H,1,4-10H2,2H3. The van der Waals surface area contributed by atoms with Crippen molar-refractivity contribution in [3.63, 3.8) is 0 Å². The normalized spacial score (nSPS) is 10.1. The zero-order chi connectivity index (χ0) is 12.1. The summed E-state index contributed by atoms with van der Waals surface area (Å²) in [6.45, 7) is 6.47. The highest BCUT2D eigenvalue weighted by Crippen LogP contribution is 1.87. The van der Waals surface area contributed by atoms with E-state index in [0.29, 0.717) is 46.1 Å². The molecule has 5 nitrogen and oxygen atoms in total. The monoisotopic (exact) mass is 232 g/mol. The van der Waals surface area contributed by atoms with E-state index in [2.05, 4.69) is 6.58 Å². The predicted octanol–water partition coefficient (Wildman–Crippen LogP) is 0.785. The molecule has 0 rings (SSSR count). The van der Waals surface area contributed by atoms with Gasteiger partial charge in [-0.15, -0.1) is 0 Å². The van der Waals surface area contributed by atoms with Gasteiger partial charge in [-0.05, 0) is 0 Å². The van der Waals surface area contributed by atoms with Crippen molar-refractivity contribution in [2.45, 2.75) is 6.42 Å². The fourth-order valence-electron chi connectivity index (χ4n) is 0.857. The van der Waals surface area contributed by atoms with Gasteiger partial charge in [0, 0.05) is 26.2 Å². The number of carbonyl (C=O) groups excluding carboxylic acids is 1. The second kappa shape index (κ2) is 12.2. The Balaban J connectivity index is 2.98. The summed E-state index contributed by atoms with van der Waals surface area (Å²) in [7, 11) is 1.63. The molecule has 0 aliphatic carbocycles. The van der Waals surface area contributed by atoms with E-state index in [1.165, 1.54) is 0 Å². The Morgan fingerprint density at radius 3 is 2.31 bits per heavy atom. The Bertz CT molecular complexity index is 181. The van der Waals surface area contributed by atoms with Crippen molar-refractivity contribution >= 4 is 5.97 Å². The Morgan fingerprint density at radius 2 is 1.69 bits per heavy atom. The SMILES string of the molecule is C=CC(=O)OCCCOCCOCCOC. The van der Waals surface area contributed by atoms with Crippen molar-refractivity contribution in [2.24, 2.45) is 0 Å². The molecule has 0 aliphatic heterocycles. The van der Waals surface area contributed by atoms with Crippen LogP contribution in [0.5, 0.6) is 0 Å². The molecule has 0 spiro atoms. The van der Waals surface area contributed by atoms with Gasteiger partial charge in [0.1, 0.15) is 0 Å². The van der Waals surface area contributed by atoms with E-state index in [9.17, 15) is 4.79 Å². The molecule has 0 N–H and O–H groups in total. The molecule has 0 bridgehead atoms. The number of hydrogen-bond acceptors (Lipinski definition) is 5. The van der Waals surface area contributed by atoms with Crippen molar-refractivity contribution in [1.82, 2.24) is 0 Å². The van der Waals surface area contributed by atoms with Crippen molar-refractivity contribution in [3.8, 4) is 0 Å². The molecular weight excluding hydrogens is 212 g/mol. The van der Waals surface area contributed by atoms with Gasteiger partial charge in [0.25, 0.3) is 0 Å². The van der Waals surface area contributed by atoms with Gasteiger partial charge < -0.3 is 18.9 Å². The van der Waals surface area contributed by atoms with Crippen LogP contribution in [0, 0.1) is 0 Å². The highest BCUT2D eigenvalue weighted by molar-refractivity contribution is 5.81. The minimum Gasteiger partial charge on any atom is -0.462 e. The van der Waals surface area contributed by atoms with E-state index in [1.807, 2.05) is 0 Å². The first-order chi connectivity index (χ1) is 7.81. The molecule has 5 heteroatoms. The lowest BCUT2D eigenvalue weighted by molar-refractivity contribution is -0.138. The molecule has 0 aromatic rings. The average Bonchev–Trinajstić information content (AvgIpc) is 2.31. The first-order valence-corrected chi connectivity index (χ1v) is 5.25. The van der Waals surface area contributed by atoms with E-state index >= 15 is 0 Å². The van der Waals surface area contributed by atoms with Crippen molar-refractivity contribution in [2.75, 3.05) is 46.8 Å². The summed E-state index contributed by atoms with van der Waals surface area (Å²) >= 11 is 0. The van der Waals surface area contributed by atoms with E-state index < -0.39 is 5.97 Å². The molecule has 16 heavy (non-hydrogen) atoms. The summed E-state index contributed by atoms with van der Waals surface area (Å²) in [6.07, 6.45) is 1.82. The maximum atomic E-state index is 10.6. The van der Waals surface area contributed by atoms with E-state index in [1.54, 1.807) is 7.11 Å². The minimum atomic E-state index is -0.400. The number of carbonyl (C=O) groups is 1. The van der Waals surface area contributed by atoms with Crippen LogP contribution in [0.25, 0.3) is 0 Å². The van der Waals surface area contributed by atoms with Gasteiger partial charge in [-0.25, -0.2) is 4.79 Å². The van der Waals surface area contributed by atoms with Gasteiger partial charge >= 0.3 is 5.97 Å². The van der Waals surface area contributed by atoms with Crippen LogP contribution in [0.3, 0.4) is 0 Å². The molecule has 0 aromatic heterocycles. The molecule has 0 aliphatic rings. The van der Waals surface area contributed by atoms with Crippen molar-refractivity contribution in [3.05, 3.63) is 12.7 Å². The third-order valence-corrected chi connectivity index (χ3v) is 1.65. The minimum absolute atomic E-state index is 0.357. The van der Waals surface area contributed by atoms with E-state index in [4.69, 9.17) is 18.9 Å². The van der Waals surface area contributed by atoms with Crippen molar-refractivity contribution in [1.29, 1.82) is 0 Å². The molecule has 0 unspecified atom stereocenters. The average molecular weight is 232 g/mol. The topological polar surface area (TPSA) is 54.0 Å². The van der Waals surface area contributed by atoms with Crippen LogP contribution >= 0.6 is 0 Å². The molecule has 0 amide bonds. The van der Waals surface area contributed by atoms with Gasteiger partial charge in [0.15, 0.2) is 0 Å². The molecule has 94 valence electrons. The number of methoxy groups -OCH3 is 1. The van der Waals surface area contributed by atoms with Gasteiger partial charge in [-0.2, -0.15) is 0 Å². The number of ether oxygens (including phenoxy) is 4. The summed E-state index contributed by atoms with van der Waals surface area (Å²) in [5, 5.41) is 0. The first kappa shape index (κ1) is 15.1. The Hall–Kier alpha value is -0.910. The molecule has 0 aromatic carbocycles. The summed E-state index contributed by atoms with van der Waals surface area (Å²) < 4.78 is 20.0. The summed E-state index contributed by atoms with van der Waals surface area (Å²) in [4.78, 5) is 10.6. The second-order valence-electron chi connectivity index (χ2n) is 2.94. The second-order valence-corrected chi connectivity index (χ2v) is 2.94. The smallest absolute Gasteiger partial charge is 0.330 e. The van der Waals surface area contributed by atoms with Crippen LogP contribution in [0.2, 0.25) is 0 Å². The molecule has 0 fully saturated rings. The largest absolute Gasteiger partial charge is 0.462 e. The lowest BCUT2D eigenvalue weighted by Gasteiger charge is -2.05. The third kappa shape index (κ3) is 11.2. The van der Waals surface area contributed by atoms with Crippen molar-refractivity contribution < 1.29 is 23.7 Å². The highest BCUT2D eigenvalue weighted by Gasteiger charge is 1.95. The quantitative estimate of drug-likeness (QED) is 0.299. The van der Waals surface area contributed by atoms with Crippen LogP contribution in [0.15, 0.2) is 12.7 Å². The van der Waals surface area contributed by atoms with Gasteiger partial charge in [-0.3, -0.25) is 0 Å². The predicted molar refractivity (Wildman–Crippen MR) is 59.3 cm³/mol. The molecule has 0 heterocycles. The van der Waals surface area contributed by atoms with Crippen LogP contribution in [-0.4, -0.2) is 52.7 Å². The Morgan fingerprint density at radius 1 is 1.06 bits per heavy atom. The first-order valence-electron chi connectivity index (χ1n) is 5.25. The molecule has 0 atom stereocenters. The summed E-state index contributed by atoms with van der Waals surface area (Å²) in [5.41, 5.74) is 0. The zero-order valence-corrected chi connectivity index (χ0v) is 9.78. The lowest BCUT2D eigenvalue weighted by Crippen LogP contribution is -2.10. The fourth-order valence-corrected chi connectivity index (χ4v) is 0.857. The Kier molecular flexibility index (Phi) is 11.5. The fraction of sp³-hybridized carbons (Fsp3) is 0.727. The van der Waals surface area contributed by atoms with Gasteiger partial charge in [-0.1, -0.05) is 6.58 Å². The molecule has 0 saturated carbocycles. The number of rotatable bonds is 11. The molecule has 0 saturated heterocycles. The van der Waals surface area contributed by atoms with Crippen LogP contribution < -0.4 is 0 Å². The summed E-state index contributed by atoms with van der Waals surface area (Å²) in [5.74, 6) is -0.400. The Labute approximate surface area is 96.3 Å². The van der Waals surface area contributed by atoms with Crippen LogP contribution in [0.4, 0.5) is 0 Å². The number of esters is 1. The number of hydrogen-bond donors (Lipinski definition) is 0. The summed E-state index contributed by atoms with van der Waals surface area (Å²) in [6, 6.07) is 0. The lowest BCUT2D eigenvalue weighted by atomic mass is 10.5. The van der Waals surface area contributed by atoms with Crippen LogP contribution in [-0.2, 0) is 23.7 Å². The maximum absolute atomic E-state index is 10.6. The molecular formula is C11H20O5. The van der Waals surface area contributed by atoms with Crippen LogP contribution in [0.1, 0.15) is 6.42 Å². The third-order valence-electron chi connectivity index (χ3n) is 1.65. The molecule has 0 radical (unpaired) electrons. The van der Waals surface area contributed by atoms with Gasteiger partial charge in [0.05, 0.1) is 33.0 Å². The zero-order valence-electron chi connectivity index (χ0n) is 9.78. The highest BCUT2D eigenvalue weighted by atomic mass is 16.5. The van der Waals surface area contributed by atoms with E-state index in [0.717, 1.165) is 6.08 Å². The maximum Gasteiger partial charge on any atom is 0.330 e. The van der Waals surface area contributed by atoms with E-state index in [-0.39, 0.29) is 0 Å².